The first-order valence-electron chi connectivity index (χ1n) is 8.70. The van der Waals surface area contributed by atoms with Gasteiger partial charge in [0.2, 0.25) is 10.0 Å². The number of hydrogen-bond donors (Lipinski definition) is 1. The van der Waals surface area contributed by atoms with Crippen molar-refractivity contribution < 1.29 is 17.5 Å². The zero-order chi connectivity index (χ0) is 19.7. The van der Waals surface area contributed by atoms with Crippen molar-refractivity contribution in [2.45, 2.75) is 6.61 Å². The van der Waals surface area contributed by atoms with Crippen LogP contribution in [0.2, 0.25) is 0 Å². The quantitative estimate of drug-likeness (QED) is 0.701. The minimum Gasteiger partial charge on any atom is -0.488 e. The van der Waals surface area contributed by atoms with Crippen LogP contribution in [0.1, 0.15) is 22.3 Å². The minimum atomic E-state index is -3.37. The number of hydrogen-bond acceptors (Lipinski definition) is 3. The minimum absolute atomic E-state index is 0.347. The Hall–Kier alpha value is -3.12. The smallest absolute Gasteiger partial charge is 0.229 e. The van der Waals surface area contributed by atoms with Gasteiger partial charge in [-0.2, -0.15) is 0 Å². The second kappa shape index (κ2) is 7.13. The third-order valence-corrected chi connectivity index (χ3v) is 5.03. The number of benzene rings is 3. The highest BCUT2D eigenvalue weighted by Gasteiger charge is 2.19. The zero-order valence-electron chi connectivity index (χ0n) is 15.1. The van der Waals surface area contributed by atoms with E-state index in [1.807, 2.05) is 36.4 Å². The van der Waals surface area contributed by atoms with E-state index in [0.29, 0.717) is 18.0 Å². The second-order valence-corrected chi connectivity index (χ2v) is 8.39. The van der Waals surface area contributed by atoms with Crippen molar-refractivity contribution in [2.75, 3.05) is 11.0 Å². The van der Waals surface area contributed by atoms with Crippen LogP contribution in [0.3, 0.4) is 0 Å². The molecule has 1 N–H and O–H groups in total. The molecule has 1 aliphatic heterocycles. The zero-order valence-corrected chi connectivity index (χ0v) is 16.0. The molecule has 3 aromatic carbocycles. The summed E-state index contributed by atoms with van der Waals surface area (Å²) < 4.78 is 45.1. The Balaban J connectivity index is 1.88. The number of sulfonamides is 1. The molecule has 3 aromatic rings. The number of nitrogens with one attached hydrogen (secondary N) is 1. The van der Waals surface area contributed by atoms with Crippen molar-refractivity contribution >= 4 is 27.4 Å². The standard InChI is InChI=1S/C22H18FNO3S/c1-28(25,26)24-18-7-4-5-15(11-18)12-21-19-8-3-2-6-16(19)14-27-22-13-17(23)9-10-20(21)22/h2-13,24H,14H2,1H3/b21-12-. The molecule has 1 heterocycles. The number of fused-ring (bicyclic) bond motifs is 2. The Labute approximate surface area is 163 Å². The van der Waals surface area contributed by atoms with Gasteiger partial charge in [-0.1, -0.05) is 36.4 Å². The molecule has 1 aliphatic rings. The van der Waals surface area contributed by atoms with Gasteiger partial charge >= 0.3 is 0 Å². The van der Waals surface area contributed by atoms with Gasteiger partial charge in [-0.05, 0) is 52.6 Å². The number of halogens is 1. The van der Waals surface area contributed by atoms with Crippen molar-refractivity contribution in [1.82, 2.24) is 0 Å². The molecule has 0 radical (unpaired) electrons. The van der Waals surface area contributed by atoms with Crippen LogP contribution in [0.5, 0.6) is 5.75 Å². The van der Waals surface area contributed by atoms with Gasteiger partial charge in [-0.3, -0.25) is 4.72 Å². The van der Waals surface area contributed by atoms with Crippen LogP contribution in [-0.2, 0) is 16.6 Å². The van der Waals surface area contributed by atoms with Gasteiger partial charge < -0.3 is 4.74 Å². The predicted molar refractivity (Wildman–Crippen MR) is 109 cm³/mol. The summed E-state index contributed by atoms with van der Waals surface area (Å²) in [6, 6.07) is 19.5. The summed E-state index contributed by atoms with van der Waals surface area (Å²) in [6.07, 6.45) is 3.07. The highest BCUT2D eigenvalue weighted by Crippen LogP contribution is 2.38. The van der Waals surface area contributed by atoms with E-state index < -0.39 is 10.0 Å². The first-order valence-corrected chi connectivity index (χ1v) is 10.6. The summed E-state index contributed by atoms with van der Waals surface area (Å²) in [5, 5.41) is 0. The van der Waals surface area contributed by atoms with E-state index in [4.69, 9.17) is 4.74 Å². The fourth-order valence-corrected chi connectivity index (χ4v) is 3.83. The van der Waals surface area contributed by atoms with E-state index in [1.54, 1.807) is 24.3 Å². The van der Waals surface area contributed by atoms with Gasteiger partial charge in [-0.25, -0.2) is 12.8 Å². The molecular formula is C22H18FNO3S. The van der Waals surface area contributed by atoms with Crippen molar-refractivity contribution in [3.05, 3.63) is 94.8 Å². The normalized spacial score (nSPS) is 14.6. The third kappa shape index (κ3) is 3.92. The van der Waals surface area contributed by atoms with Crippen molar-refractivity contribution in [1.29, 1.82) is 0 Å². The Bertz CT molecular complexity index is 1190. The SMILES string of the molecule is CS(=O)(=O)Nc1cccc(/C=C2/c3ccccc3COc3cc(F)ccc32)c1. The third-order valence-electron chi connectivity index (χ3n) is 4.43. The van der Waals surface area contributed by atoms with Gasteiger partial charge in [0, 0.05) is 17.3 Å². The number of rotatable bonds is 3. The fraction of sp³-hybridized carbons (Fsp3) is 0.0909. The largest absolute Gasteiger partial charge is 0.488 e. The Kier molecular flexibility index (Phi) is 4.65. The monoisotopic (exact) mass is 395 g/mol. The van der Waals surface area contributed by atoms with E-state index in [9.17, 15) is 12.8 Å². The lowest BCUT2D eigenvalue weighted by molar-refractivity contribution is 0.305. The van der Waals surface area contributed by atoms with E-state index >= 15 is 0 Å². The summed E-state index contributed by atoms with van der Waals surface area (Å²) >= 11 is 0. The van der Waals surface area contributed by atoms with Crippen molar-refractivity contribution in [2.24, 2.45) is 0 Å². The van der Waals surface area contributed by atoms with Crippen LogP contribution in [0.15, 0.2) is 66.7 Å². The lowest BCUT2D eigenvalue weighted by atomic mass is 9.92. The Morgan fingerprint density at radius 1 is 1.00 bits per heavy atom. The predicted octanol–water partition coefficient (Wildman–Crippen LogP) is 4.68. The molecule has 0 saturated carbocycles. The Morgan fingerprint density at radius 2 is 1.82 bits per heavy atom. The van der Waals surface area contributed by atoms with E-state index in [0.717, 1.165) is 34.1 Å². The average molecular weight is 395 g/mol. The molecule has 0 spiro atoms. The summed E-state index contributed by atoms with van der Waals surface area (Å²) in [6.45, 7) is 0.347. The number of ether oxygens (including phenoxy) is 1. The highest BCUT2D eigenvalue weighted by molar-refractivity contribution is 7.92. The highest BCUT2D eigenvalue weighted by atomic mass is 32.2. The molecule has 0 amide bonds. The maximum atomic E-state index is 13.8. The molecule has 4 nitrogen and oxygen atoms in total. The van der Waals surface area contributed by atoms with Crippen LogP contribution in [0.25, 0.3) is 11.6 Å². The van der Waals surface area contributed by atoms with Crippen molar-refractivity contribution in [3.63, 3.8) is 0 Å². The van der Waals surface area contributed by atoms with Gasteiger partial charge in [0.1, 0.15) is 18.2 Å². The molecule has 0 aliphatic carbocycles. The fourth-order valence-electron chi connectivity index (χ4n) is 3.28. The summed E-state index contributed by atoms with van der Waals surface area (Å²) in [5.41, 5.74) is 4.96. The van der Waals surface area contributed by atoms with Crippen LogP contribution < -0.4 is 9.46 Å². The van der Waals surface area contributed by atoms with E-state index in [1.165, 1.54) is 12.1 Å². The van der Waals surface area contributed by atoms with Crippen LogP contribution in [-0.4, -0.2) is 14.7 Å². The molecule has 0 saturated heterocycles. The summed E-state index contributed by atoms with van der Waals surface area (Å²) in [5.74, 6) is 0.122. The van der Waals surface area contributed by atoms with Gasteiger partial charge in [0.25, 0.3) is 0 Å². The molecule has 142 valence electrons. The summed E-state index contributed by atoms with van der Waals surface area (Å²) in [7, 11) is -3.37. The maximum absolute atomic E-state index is 13.8. The second-order valence-electron chi connectivity index (χ2n) is 6.64. The molecule has 0 fully saturated rings. The molecule has 0 aromatic heterocycles. The van der Waals surface area contributed by atoms with Crippen LogP contribution in [0, 0.1) is 5.82 Å². The average Bonchev–Trinajstić information content (AvgIpc) is 2.78. The molecule has 4 rings (SSSR count). The summed E-state index contributed by atoms with van der Waals surface area (Å²) in [4.78, 5) is 0. The molecule has 0 bridgehead atoms. The van der Waals surface area contributed by atoms with Crippen LogP contribution in [0.4, 0.5) is 10.1 Å². The van der Waals surface area contributed by atoms with Crippen molar-refractivity contribution in [3.8, 4) is 5.75 Å². The molecule has 0 unspecified atom stereocenters. The van der Waals surface area contributed by atoms with Crippen LogP contribution >= 0.6 is 0 Å². The van der Waals surface area contributed by atoms with Gasteiger partial charge in [0.15, 0.2) is 0 Å². The lowest BCUT2D eigenvalue weighted by Gasteiger charge is -2.11. The lowest BCUT2D eigenvalue weighted by Crippen LogP contribution is -2.09. The molecule has 6 heteroatoms. The van der Waals surface area contributed by atoms with Gasteiger partial charge in [0.05, 0.1) is 6.26 Å². The maximum Gasteiger partial charge on any atom is 0.229 e. The first kappa shape index (κ1) is 18.3. The molecular weight excluding hydrogens is 377 g/mol. The molecule has 0 atom stereocenters. The van der Waals surface area contributed by atoms with Gasteiger partial charge in [-0.15, -0.1) is 0 Å². The Morgan fingerprint density at radius 3 is 2.64 bits per heavy atom. The van der Waals surface area contributed by atoms with E-state index in [2.05, 4.69) is 4.72 Å². The van der Waals surface area contributed by atoms with E-state index in [-0.39, 0.29) is 5.82 Å². The first-order chi connectivity index (χ1) is 13.4. The molecule has 28 heavy (non-hydrogen) atoms. The topological polar surface area (TPSA) is 55.4 Å². The number of anilines is 1.